The monoisotopic (exact) mass is 310 g/mol. The Hall–Kier alpha value is -0.420. The van der Waals surface area contributed by atoms with Crippen molar-refractivity contribution >= 4 is 11.3 Å². The van der Waals surface area contributed by atoms with Crippen LogP contribution in [0.2, 0.25) is 0 Å². The van der Waals surface area contributed by atoms with E-state index in [0.29, 0.717) is 12.0 Å². The predicted octanol–water partition coefficient (Wildman–Crippen LogP) is 3.41. The van der Waals surface area contributed by atoms with Crippen LogP contribution in [-0.4, -0.2) is 37.7 Å². The fourth-order valence-corrected chi connectivity index (χ4v) is 4.05. The summed E-state index contributed by atoms with van der Waals surface area (Å²) >= 11 is 1.94. The van der Waals surface area contributed by atoms with Gasteiger partial charge in [0.1, 0.15) is 0 Å². The Bertz CT molecular complexity index is 428. The zero-order valence-corrected chi connectivity index (χ0v) is 14.8. The van der Waals surface area contributed by atoms with Gasteiger partial charge in [0.25, 0.3) is 0 Å². The van der Waals surface area contributed by atoms with Gasteiger partial charge in [0.05, 0.1) is 6.61 Å². The van der Waals surface area contributed by atoms with Gasteiger partial charge in [0.2, 0.25) is 0 Å². The van der Waals surface area contributed by atoms with Crippen molar-refractivity contribution in [2.24, 2.45) is 5.92 Å². The number of hydrogen-bond acceptors (Lipinski definition) is 4. The van der Waals surface area contributed by atoms with E-state index in [-0.39, 0.29) is 0 Å². The Morgan fingerprint density at radius 2 is 2.29 bits per heavy atom. The summed E-state index contributed by atoms with van der Waals surface area (Å²) in [6.07, 6.45) is 2.62. The number of ether oxygens (including phenoxy) is 1. The number of nitrogens with one attached hydrogen (secondary N) is 1. The average molecular weight is 311 g/mol. The minimum atomic E-state index is 0.549. The molecule has 1 aromatic heterocycles. The molecule has 2 heterocycles. The molecule has 3 nitrogen and oxygen atoms in total. The number of aryl methyl sites for hydroxylation is 1. The second-order valence-electron chi connectivity index (χ2n) is 6.53. The molecule has 1 unspecified atom stereocenters. The first-order valence-electron chi connectivity index (χ1n) is 8.11. The Kier molecular flexibility index (Phi) is 6.68. The lowest BCUT2D eigenvalue weighted by Crippen LogP contribution is -2.36. The first-order valence-corrected chi connectivity index (χ1v) is 8.93. The molecule has 0 spiro atoms. The van der Waals surface area contributed by atoms with Gasteiger partial charge in [0, 0.05) is 42.5 Å². The largest absolute Gasteiger partial charge is 0.384 e. The number of piperidine rings is 1. The van der Waals surface area contributed by atoms with Crippen LogP contribution in [0.15, 0.2) is 6.07 Å². The molecule has 0 saturated carbocycles. The van der Waals surface area contributed by atoms with E-state index in [4.69, 9.17) is 4.74 Å². The summed E-state index contributed by atoms with van der Waals surface area (Å²) in [5.74, 6) is 0.713. The molecule has 1 aliphatic rings. The lowest BCUT2D eigenvalue weighted by Gasteiger charge is -2.32. The maximum Gasteiger partial charge on any atom is 0.0502 e. The summed E-state index contributed by atoms with van der Waals surface area (Å²) in [7, 11) is 1.82. The highest BCUT2D eigenvalue weighted by atomic mass is 32.1. The van der Waals surface area contributed by atoms with E-state index >= 15 is 0 Å². The van der Waals surface area contributed by atoms with E-state index < -0.39 is 0 Å². The highest BCUT2D eigenvalue weighted by Gasteiger charge is 2.20. The van der Waals surface area contributed by atoms with Crippen LogP contribution in [0.25, 0.3) is 0 Å². The molecule has 0 aliphatic carbocycles. The van der Waals surface area contributed by atoms with Crippen LogP contribution in [0.4, 0.5) is 0 Å². The third-order valence-corrected chi connectivity index (χ3v) is 5.25. The van der Waals surface area contributed by atoms with Crippen LogP contribution < -0.4 is 5.32 Å². The van der Waals surface area contributed by atoms with Gasteiger partial charge in [-0.3, -0.25) is 4.90 Å². The van der Waals surface area contributed by atoms with Gasteiger partial charge < -0.3 is 10.1 Å². The molecule has 0 bridgehead atoms. The first-order chi connectivity index (χ1) is 10.1. The fourth-order valence-electron chi connectivity index (χ4n) is 3.04. The molecule has 1 saturated heterocycles. The van der Waals surface area contributed by atoms with Gasteiger partial charge in [-0.25, -0.2) is 0 Å². The van der Waals surface area contributed by atoms with Gasteiger partial charge in [-0.15, -0.1) is 11.3 Å². The van der Waals surface area contributed by atoms with Crippen molar-refractivity contribution < 1.29 is 4.74 Å². The van der Waals surface area contributed by atoms with E-state index in [0.717, 1.165) is 19.7 Å². The zero-order chi connectivity index (χ0) is 15.2. The summed E-state index contributed by atoms with van der Waals surface area (Å²) in [5, 5.41) is 3.51. The van der Waals surface area contributed by atoms with E-state index in [1.807, 2.05) is 18.4 Å². The van der Waals surface area contributed by atoms with Crippen molar-refractivity contribution in [2.45, 2.75) is 52.7 Å². The van der Waals surface area contributed by atoms with Gasteiger partial charge in [0.15, 0.2) is 0 Å². The maximum atomic E-state index is 5.33. The van der Waals surface area contributed by atoms with Gasteiger partial charge in [-0.2, -0.15) is 0 Å². The van der Waals surface area contributed by atoms with Crippen LogP contribution in [0, 0.1) is 12.8 Å². The molecule has 2 rings (SSSR count). The second kappa shape index (κ2) is 8.28. The smallest absolute Gasteiger partial charge is 0.0502 e. The lowest BCUT2D eigenvalue weighted by molar-refractivity contribution is 0.0873. The van der Waals surface area contributed by atoms with Crippen LogP contribution >= 0.6 is 11.3 Å². The van der Waals surface area contributed by atoms with Crippen molar-refractivity contribution in [3.8, 4) is 0 Å². The number of likely N-dealkylation sites (tertiary alicyclic amines) is 1. The maximum absolute atomic E-state index is 5.33. The SMILES string of the molecule is COCC1CCCN(Cc2cc(CNC(C)C)sc2C)C1. The third kappa shape index (κ3) is 5.37. The molecule has 21 heavy (non-hydrogen) atoms. The summed E-state index contributed by atoms with van der Waals surface area (Å²) < 4.78 is 5.33. The van der Waals surface area contributed by atoms with E-state index in [2.05, 4.69) is 37.1 Å². The molecule has 120 valence electrons. The van der Waals surface area contributed by atoms with Gasteiger partial charge in [-0.05, 0) is 43.9 Å². The predicted molar refractivity (Wildman–Crippen MR) is 90.9 cm³/mol. The average Bonchev–Trinajstić information content (AvgIpc) is 2.78. The van der Waals surface area contributed by atoms with Crippen molar-refractivity contribution in [3.05, 3.63) is 21.4 Å². The molecule has 0 aromatic carbocycles. The van der Waals surface area contributed by atoms with Crippen molar-refractivity contribution in [2.75, 3.05) is 26.8 Å². The Labute approximate surface area is 133 Å². The summed E-state index contributed by atoms with van der Waals surface area (Å²) in [6.45, 7) is 12.1. The summed E-state index contributed by atoms with van der Waals surface area (Å²) in [6, 6.07) is 2.95. The van der Waals surface area contributed by atoms with Crippen LogP contribution in [0.3, 0.4) is 0 Å². The minimum absolute atomic E-state index is 0.549. The van der Waals surface area contributed by atoms with E-state index in [1.54, 1.807) is 0 Å². The molecular formula is C17H30N2OS. The van der Waals surface area contributed by atoms with Crippen LogP contribution in [0.5, 0.6) is 0 Å². The van der Waals surface area contributed by atoms with E-state index in [9.17, 15) is 0 Å². The first kappa shape index (κ1) is 16.9. The molecule has 4 heteroatoms. The highest BCUT2D eigenvalue weighted by molar-refractivity contribution is 7.12. The van der Waals surface area contributed by atoms with Crippen molar-refractivity contribution in [1.82, 2.24) is 10.2 Å². The molecule has 0 amide bonds. The Balaban J connectivity index is 1.89. The van der Waals surface area contributed by atoms with Gasteiger partial charge in [-0.1, -0.05) is 13.8 Å². The number of methoxy groups -OCH3 is 1. The lowest BCUT2D eigenvalue weighted by atomic mass is 9.98. The summed E-state index contributed by atoms with van der Waals surface area (Å²) in [5.41, 5.74) is 1.51. The molecule has 1 atom stereocenters. The zero-order valence-electron chi connectivity index (χ0n) is 13.9. The number of hydrogen-bond donors (Lipinski definition) is 1. The Morgan fingerprint density at radius 1 is 1.48 bits per heavy atom. The molecular weight excluding hydrogens is 280 g/mol. The van der Waals surface area contributed by atoms with E-state index in [1.165, 1.54) is 41.2 Å². The normalized spacial score (nSPS) is 20.3. The van der Waals surface area contributed by atoms with Crippen molar-refractivity contribution in [3.63, 3.8) is 0 Å². The highest BCUT2D eigenvalue weighted by Crippen LogP contribution is 2.25. The van der Waals surface area contributed by atoms with Crippen LogP contribution in [0.1, 0.15) is 42.0 Å². The fraction of sp³-hybridized carbons (Fsp3) is 0.765. The Morgan fingerprint density at radius 3 is 3.00 bits per heavy atom. The number of rotatable bonds is 7. The molecule has 1 fully saturated rings. The second-order valence-corrected chi connectivity index (χ2v) is 7.87. The molecule has 1 aliphatic heterocycles. The summed E-state index contributed by atoms with van der Waals surface area (Å²) in [4.78, 5) is 5.54. The minimum Gasteiger partial charge on any atom is -0.384 e. The third-order valence-electron chi connectivity index (χ3n) is 4.16. The number of thiophene rings is 1. The molecule has 1 aromatic rings. The number of nitrogens with zero attached hydrogens (tertiary/aromatic N) is 1. The van der Waals surface area contributed by atoms with Crippen molar-refractivity contribution in [1.29, 1.82) is 0 Å². The van der Waals surface area contributed by atoms with Gasteiger partial charge >= 0.3 is 0 Å². The molecule has 1 N–H and O–H groups in total. The van der Waals surface area contributed by atoms with Crippen LogP contribution in [-0.2, 0) is 17.8 Å². The topological polar surface area (TPSA) is 24.5 Å². The quantitative estimate of drug-likeness (QED) is 0.835. The molecule has 0 radical (unpaired) electrons. The standard InChI is InChI=1S/C17H30N2OS/c1-13(2)18-9-17-8-16(14(3)21-17)11-19-7-5-6-15(10-19)12-20-4/h8,13,15,18H,5-7,9-12H2,1-4H3.